The largest absolute Gasteiger partial charge is 0.373 e. The fourth-order valence-corrected chi connectivity index (χ4v) is 4.80. The van der Waals surface area contributed by atoms with Gasteiger partial charge < -0.3 is 10.1 Å². The molecule has 2 fully saturated rings. The second kappa shape index (κ2) is 7.89. The van der Waals surface area contributed by atoms with Gasteiger partial charge in [0.15, 0.2) is 0 Å². The Kier molecular flexibility index (Phi) is 6.38. The molecule has 0 aromatic heterocycles. The molecule has 0 radical (unpaired) electrons. The predicted molar refractivity (Wildman–Crippen MR) is 87.2 cm³/mol. The van der Waals surface area contributed by atoms with Crippen molar-refractivity contribution in [1.29, 1.82) is 0 Å². The second-order valence-electron chi connectivity index (χ2n) is 6.21. The van der Waals surface area contributed by atoms with Gasteiger partial charge in [-0.15, -0.1) is 0 Å². The number of likely N-dealkylation sites (N-methyl/N-ethyl adjacent to an activating group) is 1. The molecule has 0 aromatic rings. The van der Waals surface area contributed by atoms with Gasteiger partial charge in [-0.3, -0.25) is 9.69 Å². The van der Waals surface area contributed by atoms with E-state index in [1.807, 2.05) is 25.7 Å². The quantitative estimate of drug-likeness (QED) is 0.696. The molecule has 1 N–H and O–H groups in total. The van der Waals surface area contributed by atoms with Gasteiger partial charge in [-0.25, -0.2) is 0 Å². The molecule has 0 saturated carbocycles. The summed E-state index contributed by atoms with van der Waals surface area (Å²) in [6, 6.07) is 0. The maximum absolute atomic E-state index is 12.8. The Hall–Kier alpha value is -0.740. The summed E-state index contributed by atoms with van der Waals surface area (Å²) in [7, 11) is -3.45. The SMILES string of the molecule is CCNC(=O)CN1CCN(S(=O)(=O)N2C[C@H](C)O[C@@H](C)C2)CC1. The first kappa shape index (κ1) is 18.6. The highest BCUT2D eigenvalue weighted by Gasteiger charge is 2.36. The first-order valence-corrected chi connectivity index (χ1v) is 9.62. The number of carbonyl (C=O) groups excluding carboxylic acids is 1. The minimum atomic E-state index is -3.45. The monoisotopic (exact) mass is 348 g/mol. The van der Waals surface area contributed by atoms with E-state index < -0.39 is 10.2 Å². The van der Waals surface area contributed by atoms with Crippen LogP contribution in [0.15, 0.2) is 0 Å². The van der Waals surface area contributed by atoms with Crippen molar-refractivity contribution in [3.8, 4) is 0 Å². The van der Waals surface area contributed by atoms with Crippen molar-refractivity contribution in [1.82, 2.24) is 18.8 Å². The van der Waals surface area contributed by atoms with Gasteiger partial charge in [0.2, 0.25) is 5.91 Å². The number of hydrogen-bond acceptors (Lipinski definition) is 5. The molecule has 8 nitrogen and oxygen atoms in total. The molecule has 0 aliphatic carbocycles. The molecular weight excluding hydrogens is 320 g/mol. The first-order valence-electron chi connectivity index (χ1n) is 8.22. The lowest BCUT2D eigenvalue weighted by Gasteiger charge is -2.40. The summed E-state index contributed by atoms with van der Waals surface area (Å²) in [5.74, 6) is -0.0142. The second-order valence-corrected chi connectivity index (χ2v) is 8.14. The molecule has 9 heteroatoms. The van der Waals surface area contributed by atoms with Crippen LogP contribution in [0.2, 0.25) is 0 Å². The molecule has 134 valence electrons. The molecule has 0 aromatic carbocycles. The van der Waals surface area contributed by atoms with Gasteiger partial charge in [-0.1, -0.05) is 0 Å². The maximum Gasteiger partial charge on any atom is 0.282 e. The van der Waals surface area contributed by atoms with Crippen molar-refractivity contribution in [2.24, 2.45) is 0 Å². The van der Waals surface area contributed by atoms with Crippen LogP contribution in [-0.2, 0) is 19.7 Å². The van der Waals surface area contributed by atoms with Gasteiger partial charge in [-0.2, -0.15) is 17.0 Å². The summed E-state index contributed by atoms with van der Waals surface area (Å²) >= 11 is 0. The van der Waals surface area contributed by atoms with Crippen LogP contribution >= 0.6 is 0 Å². The number of nitrogens with zero attached hydrogens (tertiary/aromatic N) is 3. The molecule has 23 heavy (non-hydrogen) atoms. The molecule has 0 unspecified atom stereocenters. The van der Waals surface area contributed by atoms with Crippen molar-refractivity contribution in [3.05, 3.63) is 0 Å². The Bertz CT molecular complexity index is 495. The number of piperazine rings is 1. The Balaban J connectivity index is 1.89. The standard InChI is InChI=1S/C14H28N4O4S/c1-4-15-14(19)11-16-5-7-17(8-6-16)23(20,21)18-9-12(2)22-13(3)10-18/h12-13H,4-11H2,1-3H3,(H,15,19)/t12-,13-/m0/s1. The Labute approximate surface area is 138 Å². The third kappa shape index (κ3) is 4.87. The topological polar surface area (TPSA) is 82.2 Å². The average Bonchev–Trinajstić information content (AvgIpc) is 2.47. The minimum absolute atomic E-state index is 0.0142. The Morgan fingerprint density at radius 2 is 1.65 bits per heavy atom. The molecule has 2 aliphatic heterocycles. The predicted octanol–water partition coefficient (Wildman–Crippen LogP) is -0.906. The molecule has 2 atom stereocenters. The summed E-state index contributed by atoms with van der Waals surface area (Å²) in [5, 5.41) is 2.76. The van der Waals surface area contributed by atoms with E-state index in [9.17, 15) is 13.2 Å². The molecule has 2 saturated heterocycles. The van der Waals surface area contributed by atoms with Gasteiger partial charge in [0, 0.05) is 45.8 Å². The molecule has 2 rings (SSSR count). The summed E-state index contributed by atoms with van der Waals surface area (Å²) in [4.78, 5) is 13.6. The van der Waals surface area contributed by atoms with Gasteiger partial charge in [0.25, 0.3) is 10.2 Å². The Morgan fingerprint density at radius 3 is 2.17 bits per heavy atom. The van der Waals surface area contributed by atoms with Gasteiger partial charge >= 0.3 is 0 Å². The third-order valence-corrected chi connectivity index (χ3v) is 6.08. The molecular formula is C14H28N4O4S. The number of hydrogen-bond donors (Lipinski definition) is 1. The zero-order valence-electron chi connectivity index (χ0n) is 14.2. The summed E-state index contributed by atoms with van der Waals surface area (Å²) in [6.45, 7) is 9.38. The van der Waals surface area contributed by atoms with Crippen molar-refractivity contribution in [2.45, 2.75) is 33.0 Å². The molecule has 0 bridgehead atoms. The smallest absolute Gasteiger partial charge is 0.282 e. The van der Waals surface area contributed by atoms with Crippen molar-refractivity contribution in [2.75, 3.05) is 52.4 Å². The van der Waals surface area contributed by atoms with E-state index in [4.69, 9.17) is 4.74 Å². The number of rotatable bonds is 5. The summed E-state index contributed by atoms with van der Waals surface area (Å²) < 4.78 is 34.2. The zero-order chi connectivity index (χ0) is 17.0. The Morgan fingerprint density at radius 1 is 1.09 bits per heavy atom. The van der Waals surface area contributed by atoms with Crippen LogP contribution in [0.25, 0.3) is 0 Å². The fraction of sp³-hybridized carbons (Fsp3) is 0.929. The van der Waals surface area contributed by atoms with Crippen LogP contribution in [0.5, 0.6) is 0 Å². The van der Waals surface area contributed by atoms with E-state index in [1.54, 1.807) is 0 Å². The maximum atomic E-state index is 12.8. The first-order chi connectivity index (χ1) is 10.8. The van der Waals surface area contributed by atoms with Gasteiger partial charge in [-0.05, 0) is 20.8 Å². The van der Waals surface area contributed by atoms with Crippen LogP contribution < -0.4 is 5.32 Å². The highest BCUT2D eigenvalue weighted by atomic mass is 32.2. The van der Waals surface area contributed by atoms with Crippen molar-refractivity contribution < 1.29 is 17.9 Å². The van der Waals surface area contributed by atoms with Crippen molar-refractivity contribution >= 4 is 16.1 Å². The minimum Gasteiger partial charge on any atom is -0.373 e. The van der Waals surface area contributed by atoms with Gasteiger partial charge in [0.05, 0.1) is 18.8 Å². The summed E-state index contributed by atoms with van der Waals surface area (Å²) in [5.41, 5.74) is 0. The number of ether oxygens (including phenoxy) is 1. The lowest BCUT2D eigenvalue weighted by Crippen LogP contribution is -2.57. The van der Waals surface area contributed by atoms with E-state index in [0.717, 1.165) is 0 Å². The third-order valence-electron chi connectivity index (χ3n) is 4.11. The fourth-order valence-electron chi connectivity index (χ4n) is 3.06. The summed E-state index contributed by atoms with van der Waals surface area (Å²) in [6.07, 6.45) is -0.180. The van der Waals surface area contributed by atoms with Crippen LogP contribution in [0.4, 0.5) is 0 Å². The lowest BCUT2D eigenvalue weighted by molar-refractivity contribution is -0.122. The van der Waals surface area contributed by atoms with Crippen LogP contribution in [0.3, 0.4) is 0 Å². The van der Waals surface area contributed by atoms with Crippen LogP contribution in [-0.4, -0.2) is 92.4 Å². The van der Waals surface area contributed by atoms with E-state index in [1.165, 1.54) is 8.61 Å². The molecule has 2 heterocycles. The van der Waals surface area contributed by atoms with E-state index >= 15 is 0 Å². The van der Waals surface area contributed by atoms with E-state index in [2.05, 4.69) is 5.32 Å². The number of carbonyl (C=O) groups is 1. The molecule has 0 spiro atoms. The van der Waals surface area contributed by atoms with E-state index in [-0.39, 0.29) is 18.1 Å². The van der Waals surface area contributed by atoms with Crippen LogP contribution in [0.1, 0.15) is 20.8 Å². The van der Waals surface area contributed by atoms with Crippen LogP contribution in [0, 0.1) is 0 Å². The van der Waals surface area contributed by atoms with Gasteiger partial charge in [0.1, 0.15) is 0 Å². The highest BCUT2D eigenvalue weighted by molar-refractivity contribution is 7.86. The normalized spacial score (nSPS) is 28.7. The average molecular weight is 348 g/mol. The number of amides is 1. The molecule has 1 amide bonds. The highest BCUT2D eigenvalue weighted by Crippen LogP contribution is 2.18. The van der Waals surface area contributed by atoms with Crippen molar-refractivity contribution in [3.63, 3.8) is 0 Å². The van der Waals surface area contributed by atoms with E-state index in [0.29, 0.717) is 52.4 Å². The number of nitrogens with one attached hydrogen (secondary N) is 1. The molecule has 2 aliphatic rings. The lowest BCUT2D eigenvalue weighted by atomic mass is 10.3. The zero-order valence-corrected chi connectivity index (χ0v) is 15.0. The number of morpholine rings is 1.